The van der Waals surface area contributed by atoms with Gasteiger partial charge in [0.1, 0.15) is 5.58 Å². The van der Waals surface area contributed by atoms with Crippen LogP contribution in [0.4, 0.5) is 5.69 Å². The van der Waals surface area contributed by atoms with E-state index in [2.05, 4.69) is 9.88 Å². The molecule has 3 heterocycles. The zero-order chi connectivity index (χ0) is 19.7. The second-order valence-corrected chi connectivity index (χ2v) is 8.34. The van der Waals surface area contributed by atoms with Gasteiger partial charge in [0, 0.05) is 43.7 Å². The first-order chi connectivity index (χ1) is 13.5. The summed E-state index contributed by atoms with van der Waals surface area (Å²) in [5.41, 5.74) is 0.828. The molecule has 4 rings (SSSR count). The van der Waals surface area contributed by atoms with Gasteiger partial charge in [-0.15, -0.1) is 0 Å². The quantitative estimate of drug-likeness (QED) is 0.615. The number of benzene rings is 1. The molecule has 0 unspecified atom stereocenters. The van der Waals surface area contributed by atoms with Crippen LogP contribution in [-0.4, -0.2) is 51.0 Å². The molecule has 9 heteroatoms. The number of nitrogens with zero attached hydrogens (tertiary/aromatic N) is 3. The molecule has 2 aromatic heterocycles. The molecule has 0 saturated carbocycles. The summed E-state index contributed by atoms with van der Waals surface area (Å²) in [7, 11) is -2.07. The second-order valence-electron chi connectivity index (χ2n) is 6.40. The Balaban J connectivity index is 1.51. The van der Waals surface area contributed by atoms with Crippen LogP contribution in [0.3, 0.4) is 0 Å². The van der Waals surface area contributed by atoms with Crippen LogP contribution in [0.2, 0.25) is 0 Å². The number of pyridine rings is 1. The number of sulfonamides is 1. The number of rotatable bonds is 4. The standard InChI is InChI=1S/C19H19N3O5S/c1-26-18-6-3-15(13-20-18)21-8-10-22(11-9-21)28(24,25)16-4-5-17-14(12-16)2-7-19(23)27-17/h2-7,12-13H,8-11H2,1H3. The van der Waals surface area contributed by atoms with Gasteiger partial charge in [-0.1, -0.05) is 0 Å². The Morgan fingerprint density at radius 1 is 1.04 bits per heavy atom. The minimum atomic E-state index is -3.63. The van der Waals surface area contributed by atoms with E-state index in [4.69, 9.17) is 9.15 Å². The number of anilines is 1. The van der Waals surface area contributed by atoms with Crippen molar-refractivity contribution in [3.05, 3.63) is 59.1 Å². The van der Waals surface area contributed by atoms with E-state index < -0.39 is 15.6 Å². The summed E-state index contributed by atoms with van der Waals surface area (Å²) in [4.78, 5) is 17.8. The van der Waals surface area contributed by atoms with Gasteiger partial charge in [0.2, 0.25) is 15.9 Å². The van der Waals surface area contributed by atoms with E-state index in [1.165, 1.54) is 28.6 Å². The maximum atomic E-state index is 13.0. The highest BCUT2D eigenvalue weighted by molar-refractivity contribution is 7.89. The number of ether oxygens (including phenoxy) is 1. The summed E-state index contributed by atoms with van der Waals surface area (Å²) < 4.78 is 37.6. The van der Waals surface area contributed by atoms with Crippen LogP contribution < -0.4 is 15.3 Å². The molecule has 1 aliphatic heterocycles. The minimum absolute atomic E-state index is 0.188. The third kappa shape index (κ3) is 3.46. The number of fused-ring (bicyclic) bond motifs is 1. The highest BCUT2D eigenvalue weighted by atomic mass is 32.2. The van der Waals surface area contributed by atoms with Crippen molar-refractivity contribution >= 4 is 26.7 Å². The Kier molecular flexibility index (Phi) is 4.78. The fraction of sp³-hybridized carbons (Fsp3) is 0.263. The van der Waals surface area contributed by atoms with Crippen molar-refractivity contribution in [2.45, 2.75) is 4.90 Å². The fourth-order valence-electron chi connectivity index (χ4n) is 3.23. The van der Waals surface area contributed by atoms with Gasteiger partial charge >= 0.3 is 5.63 Å². The van der Waals surface area contributed by atoms with Crippen LogP contribution in [0.25, 0.3) is 11.0 Å². The van der Waals surface area contributed by atoms with Crippen LogP contribution >= 0.6 is 0 Å². The molecule has 1 saturated heterocycles. The lowest BCUT2D eigenvalue weighted by atomic mass is 10.2. The summed E-state index contributed by atoms with van der Waals surface area (Å²) in [5, 5.41) is 0.573. The van der Waals surface area contributed by atoms with Crippen molar-refractivity contribution in [2.24, 2.45) is 0 Å². The molecular weight excluding hydrogens is 382 g/mol. The average Bonchev–Trinajstić information content (AvgIpc) is 2.73. The molecule has 1 aromatic carbocycles. The fourth-order valence-corrected chi connectivity index (χ4v) is 4.68. The molecule has 146 valence electrons. The van der Waals surface area contributed by atoms with E-state index >= 15 is 0 Å². The highest BCUT2D eigenvalue weighted by Gasteiger charge is 2.29. The van der Waals surface area contributed by atoms with Gasteiger partial charge in [0.25, 0.3) is 0 Å². The number of hydrogen-bond acceptors (Lipinski definition) is 7. The van der Waals surface area contributed by atoms with Crippen molar-refractivity contribution in [2.75, 3.05) is 38.2 Å². The first-order valence-electron chi connectivity index (χ1n) is 8.76. The Hall–Kier alpha value is -2.91. The lowest BCUT2D eigenvalue weighted by molar-refractivity contribution is 0.384. The highest BCUT2D eigenvalue weighted by Crippen LogP contribution is 2.24. The van der Waals surface area contributed by atoms with E-state index in [1.807, 2.05) is 6.07 Å². The molecule has 0 bridgehead atoms. The molecular formula is C19H19N3O5S. The SMILES string of the molecule is COc1ccc(N2CCN(S(=O)(=O)c3ccc4oc(=O)ccc4c3)CC2)cn1. The Morgan fingerprint density at radius 3 is 2.50 bits per heavy atom. The Labute approximate surface area is 162 Å². The summed E-state index contributed by atoms with van der Waals surface area (Å²) in [5.74, 6) is 0.539. The van der Waals surface area contributed by atoms with Gasteiger partial charge in [0.15, 0.2) is 0 Å². The predicted molar refractivity (Wildman–Crippen MR) is 104 cm³/mol. The number of methoxy groups -OCH3 is 1. The maximum absolute atomic E-state index is 13.0. The van der Waals surface area contributed by atoms with Gasteiger partial charge in [-0.2, -0.15) is 4.31 Å². The van der Waals surface area contributed by atoms with Crippen molar-refractivity contribution in [1.29, 1.82) is 0 Å². The summed E-state index contributed by atoms with van der Waals surface area (Å²) >= 11 is 0. The first-order valence-corrected chi connectivity index (χ1v) is 10.2. The van der Waals surface area contributed by atoms with Crippen molar-refractivity contribution in [3.63, 3.8) is 0 Å². The largest absolute Gasteiger partial charge is 0.481 e. The summed E-state index contributed by atoms with van der Waals surface area (Å²) in [6, 6.07) is 11.1. The van der Waals surface area contributed by atoms with Crippen LogP contribution in [-0.2, 0) is 10.0 Å². The molecule has 1 fully saturated rings. The van der Waals surface area contributed by atoms with Crippen LogP contribution in [0.15, 0.2) is 62.8 Å². The molecule has 0 atom stereocenters. The number of hydrogen-bond donors (Lipinski definition) is 0. The molecule has 3 aromatic rings. The smallest absolute Gasteiger partial charge is 0.336 e. The van der Waals surface area contributed by atoms with E-state index in [-0.39, 0.29) is 4.90 Å². The molecule has 0 aliphatic carbocycles. The van der Waals surface area contributed by atoms with Crippen molar-refractivity contribution in [3.8, 4) is 5.88 Å². The van der Waals surface area contributed by atoms with Gasteiger partial charge < -0.3 is 14.1 Å². The topological polar surface area (TPSA) is 93.0 Å². The molecule has 8 nitrogen and oxygen atoms in total. The molecule has 0 spiro atoms. The van der Waals surface area contributed by atoms with E-state index in [0.29, 0.717) is 43.0 Å². The lowest BCUT2D eigenvalue weighted by Crippen LogP contribution is -2.48. The number of piperazine rings is 1. The van der Waals surface area contributed by atoms with E-state index in [1.54, 1.807) is 25.4 Å². The van der Waals surface area contributed by atoms with Gasteiger partial charge in [0.05, 0.1) is 23.9 Å². The van der Waals surface area contributed by atoms with Crippen molar-refractivity contribution < 1.29 is 17.6 Å². The summed E-state index contributed by atoms with van der Waals surface area (Å²) in [6.45, 7) is 1.87. The lowest BCUT2D eigenvalue weighted by Gasteiger charge is -2.35. The zero-order valence-corrected chi connectivity index (χ0v) is 16.1. The molecule has 28 heavy (non-hydrogen) atoms. The Morgan fingerprint density at radius 2 is 1.82 bits per heavy atom. The van der Waals surface area contributed by atoms with Crippen LogP contribution in [0.1, 0.15) is 0 Å². The zero-order valence-electron chi connectivity index (χ0n) is 15.2. The third-order valence-corrected chi connectivity index (χ3v) is 6.66. The third-order valence-electron chi connectivity index (χ3n) is 4.76. The number of aromatic nitrogens is 1. The van der Waals surface area contributed by atoms with E-state index in [0.717, 1.165) is 5.69 Å². The first kappa shape index (κ1) is 18.5. The second kappa shape index (κ2) is 7.25. The van der Waals surface area contributed by atoms with Gasteiger partial charge in [-0.3, -0.25) is 0 Å². The van der Waals surface area contributed by atoms with Gasteiger partial charge in [-0.05, 0) is 30.3 Å². The van der Waals surface area contributed by atoms with Gasteiger partial charge in [-0.25, -0.2) is 18.2 Å². The van der Waals surface area contributed by atoms with Crippen molar-refractivity contribution in [1.82, 2.24) is 9.29 Å². The summed E-state index contributed by atoms with van der Waals surface area (Å²) in [6.07, 6.45) is 1.72. The van der Waals surface area contributed by atoms with Crippen LogP contribution in [0.5, 0.6) is 5.88 Å². The monoisotopic (exact) mass is 401 g/mol. The minimum Gasteiger partial charge on any atom is -0.481 e. The Bertz CT molecular complexity index is 1150. The normalized spacial score (nSPS) is 15.7. The average molecular weight is 401 g/mol. The molecule has 1 aliphatic rings. The predicted octanol–water partition coefficient (Wildman–Crippen LogP) is 1.71. The maximum Gasteiger partial charge on any atom is 0.336 e. The molecule has 0 N–H and O–H groups in total. The molecule has 0 radical (unpaired) electrons. The van der Waals surface area contributed by atoms with Crippen LogP contribution in [0, 0.1) is 0 Å². The van der Waals surface area contributed by atoms with E-state index in [9.17, 15) is 13.2 Å². The molecule has 0 amide bonds.